The summed E-state index contributed by atoms with van der Waals surface area (Å²) in [5.41, 5.74) is 0. The van der Waals surface area contributed by atoms with Gasteiger partial charge in [-0.25, -0.2) is 0 Å². The Bertz CT molecular complexity index is 766. The zero-order chi connectivity index (χ0) is 18.9. The van der Waals surface area contributed by atoms with Crippen molar-refractivity contribution in [2.75, 3.05) is 13.2 Å². The SMILES string of the molecule is CC(C)N(Cc1ccc(-c2noc(C(F)(F)F)n2)s1)C(=O)C1CCOC1. The molecule has 0 radical (unpaired) electrons. The van der Waals surface area contributed by atoms with E-state index >= 15 is 0 Å². The van der Waals surface area contributed by atoms with Crippen LogP contribution in [0.5, 0.6) is 0 Å². The fourth-order valence-corrected chi connectivity index (χ4v) is 3.60. The minimum absolute atomic E-state index is 0.00402. The summed E-state index contributed by atoms with van der Waals surface area (Å²) < 4.78 is 47.3. The second-order valence-electron chi connectivity index (χ2n) is 6.31. The Labute approximate surface area is 151 Å². The number of halogens is 3. The number of carbonyl (C=O) groups is 1. The van der Waals surface area contributed by atoms with Crippen LogP contribution in [0.3, 0.4) is 0 Å². The highest BCUT2D eigenvalue weighted by atomic mass is 32.1. The first-order valence-corrected chi connectivity index (χ1v) is 8.95. The number of carbonyl (C=O) groups excluding carboxylic acids is 1. The van der Waals surface area contributed by atoms with Crippen molar-refractivity contribution in [3.05, 3.63) is 22.9 Å². The Morgan fingerprint density at radius 3 is 2.77 bits per heavy atom. The van der Waals surface area contributed by atoms with E-state index < -0.39 is 12.1 Å². The number of hydrogen-bond donors (Lipinski definition) is 0. The summed E-state index contributed by atoms with van der Waals surface area (Å²) in [7, 11) is 0. The van der Waals surface area contributed by atoms with Gasteiger partial charge in [0.1, 0.15) is 0 Å². The summed E-state index contributed by atoms with van der Waals surface area (Å²) in [6.45, 7) is 5.25. The lowest BCUT2D eigenvalue weighted by molar-refractivity contribution is -0.159. The Morgan fingerprint density at radius 2 is 2.19 bits per heavy atom. The molecule has 2 aromatic rings. The molecule has 1 atom stereocenters. The quantitative estimate of drug-likeness (QED) is 0.782. The molecule has 3 rings (SSSR count). The van der Waals surface area contributed by atoms with Gasteiger partial charge >= 0.3 is 12.1 Å². The molecule has 6 nitrogen and oxygen atoms in total. The summed E-state index contributed by atoms with van der Waals surface area (Å²) in [6.07, 6.45) is -3.96. The summed E-state index contributed by atoms with van der Waals surface area (Å²) >= 11 is 1.24. The van der Waals surface area contributed by atoms with Crippen LogP contribution in [-0.4, -0.2) is 40.2 Å². The molecule has 1 saturated heterocycles. The van der Waals surface area contributed by atoms with E-state index in [0.29, 0.717) is 31.1 Å². The number of ether oxygens (including phenoxy) is 1. The number of nitrogens with zero attached hydrogens (tertiary/aromatic N) is 3. The maximum atomic E-state index is 12.7. The zero-order valence-electron chi connectivity index (χ0n) is 14.2. The second-order valence-corrected chi connectivity index (χ2v) is 7.48. The summed E-state index contributed by atoms with van der Waals surface area (Å²) in [4.78, 5) is 19.1. The highest BCUT2D eigenvalue weighted by Crippen LogP contribution is 2.32. The minimum atomic E-state index is -4.67. The summed E-state index contributed by atoms with van der Waals surface area (Å²) in [5, 5.41) is 3.39. The number of alkyl halides is 3. The van der Waals surface area contributed by atoms with Crippen molar-refractivity contribution in [2.45, 2.75) is 39.0 Å². The molecular formula is C16H18F3N3O3S. The smallest absolute Gasteiger partial charge is 0.381 e. The van der Waals surface area contributed by atoms with Gasteiger partial charge in [0.25, 0.3) is 0 Å². The van der Waals surface area contributed by atoms with Crippen LogP contribution in [0.2, 0.25) is 0 Å². The van der Waals surface area contributed by atoms with Crippen molar-refractivity contribution >= 4 is 17.2 Å². The molecule has 0 saturated carbocycles. The molecule has 2 aromatic heterocycles. The first kappa shape index (κ1) is 18.8. The van der Waals surface area contributed by atoms with E-state index in [1.807, 2.05) is 13.8 Å². The molecule has 142 valence electrons. The molecular weight excluding hydrogens is 371 g/mol. The number of amides is 1. The van der Waals surface area contributed by atoms with Crippen LogP contribution in [-0.2, 0) is 22.3 Å². The molecule has 0 bridgehead atoms. The number of aromatic nitrogens is 2. The first-order chi connectivity index (χ1) is 12.3. The molecule has 0 spiro atoms. The van der Waals surface area contributed by atoms with Gasteiger partial charge in [0.05, 0.1) is 23.9 Å². The molecule has 1 aliphatic rings. The predicted molar refractivity (Wildman–Crippen MR) is 87.2 cm³/mol. The fourth-order valence-electron chi connectivity index (χ4n) is 2.67. The predicted octanol–water partition coefficient (Wildman–Crippen LogP) is 3.59. The highest BCUT2D eigenvalue weighted by molar-refractivity contribution is 7.15. The van der Waals surface area contributed by atoms with Crippen LogP contribution in [0.15, 0.2) is 16.7 Å². The Hall–Kier alpha value is -1.94. The molecule has 0 aromatic carbocycles. The molecule has 3 heterocycles. The Morgan fingerprint density at radius 1 is 1.42 bits per heavy atom. The summed E-state index contributed by atoms with van der Waals surface area (Å²) in [6, 6.07) is 3.39. The fraction of sp³-hybridized carbons (Fsp3) is 0.562. The third kappa shape index (κ3) is 4.07. The van der Waals surface area contributed by atoms with E-state index in [-0.39, 0.29) is 23.7 Å². The van der Waals surface area contributed by atoms with Crippen LogP contribution in [0.1, 0.15) is 31.0 Å². The Balaban J connectivity index is 1.74. The van der Waals surface area contributed by atoms with Crippen LogP contribution >= 0.6 is 11.3 Å². The van der Waals surface area contributed by atoms with Crippen LogP contribution in [0, 0.1) is 5.92 Å². The van der Waals surface area contributed by atoms with E-state index in [9.17, 15) is 18.0 Å². The largest absolute Gasteiger partial charge is 0.471 e. The lowest BCUT2D eigenvalue weighted by Gasteiger charge is -2.28. The van der Waals surface area contributed by atoms with E-state index in [0.717, 1.165) is 4.88 Å². The average Bonchev–Trinajstić information content (AvgIpc) is 3.31. The lowest BCUT2D eigenvalue weighted by atomic mass is 10.1. The van der Waals surface area contributed by atoms with Crippen LogP contribution < -0.4 is 0 Å². The standard InChI is InChI=1S/C16H18F3N3O3S/c1-9(2)22(14(23)10-5-6-24-8-10)7-11-3-4-12(26-11)13-20-15(25-21-13)16(17,18)19/h3-4,9-10H,5-8H2,1-2H3. The van der Waals surface area contributed by atoms with Crippen LogP contribution in [0.4, 0.5) is 13.2 Å². The van der Waals surface area contributed by atoms with Gasteiger partial charge in [0.2, 0.25) is 11.7 Å². The third-order valence-electron chi connectivity index (χ3n) is 4.06. The lowest BCUT2D eigenvalue weighted by Crippen LogP contribution is -2.40. The highest BCUT2D eigenvalue weighted by Gasteiger charge is 2.38. The average molecular weight is 389 g/mol. The van der Waals surface area contributed by atoms with Gasteiger partial charge in [-0.3, -0.25) is 4.79 Å². The molecule has 1 amide bonds. The second kappa shape index (κ2) is 7.36. The first-order valence-electron chi connectivity index (χ1n) is 8.14. The maximum Gasteiger partial charge on any atom is 0.471 e. The monoisotopic (exact) mass is 389 g/mol. The van der Waals surface area contributed by atoms with Gasteiger partial charge < -0.3 is 14.2 Å². The molecule has 10 heteroatoms. The third-order valence-corrected chi connectivity index (χ3v) is 5.13. The van der Waals surface area contributed by atoms with Crippen molar-refractivity contribution < 1.29 is 27.2 Å². The van der Waals surface area contributed by atoms with Gasteiger partial charge in [-0.2, -0.15) is 18.2 Å². The maximum absolute atomic E-state index is 12.7. The zero-order valence-corrected chi connectivity index (χ0v) is 15.1. The molecule has 0 aliphatic carbocycles. The van der Waals surface area contributed by atoms with Crippen LogP contribution in [0.25, 0.3) is 10.7 Å². The van der Waals surface area contributed by atoms with E-state index in [2.05, 4.69) is 14.7 Å². The van der Waals surface area contributed by atoms with Crippen molar-refractivity contribution in [1.29, 1.82) is 0 Å². The molecule has 1 fully saturated rings. The number of thiophene rings is 1. The molecule has 26 heavy (non-hydrogen) atoms. The Kier molecular flexibility index (Phi) is 5.33. The van der Waals surface area contributed by atoms with Crippen molar-refractivity contribution in [3.63, 3.8) is 0 Å². The number of rotatable bonds is 5. The number of hydrogen-bond acceptors (Lipinski definition) is 6. The van der Waals surface area contributed by atoms with E-state index in [4.69, 9.17) is 4.74 Å². The van der Waals surface area contributed by atoms with Gasteiger partial charge in [-0.05, 0) is 32.4 Å². The van der Waals surface area contributed by atoms with Gasteiger partial charge in [0, 0.05) is 17.5 Å². The molecule has 1 aliphatic heterocycles. The minimum Gasteiger partial charge on any atom is -0.381 e. The van der Waals surface area contributed by atoms with Gasteiger partial charge in [-0.1, -0.05) is 5.16 Å². The topological polar surface area (TPSA) is 68.5 Å². The van der Waals surface area contributed by atoms with Crippen molar-refractivity contribution in [1.82, 2.24) is 15.0 Å². The molecule has 0 N–H and O–H groups in total. The van der Waals surface area contributed by atoms with E-state index in [1.54, 1.807) is 17.0 Å². The van der Waals surface area contributed by atoms with Crippen molar-refractivity contribution in [3.8, 4) is 10.7 Å². The summed E-state index contributed by atoms with van der Waals surface area (Å²) in [5.74, 6) is -1.59. The van der Waals surface area contributed by atoms with E-state index in [1.165, 1.54) is 11.3 Å². The van der Waals surface area contributed by atoms with Gasteiger partial charge in [-0.15, -0.1) is 11.3 Å². The van der Waals surface area contributed by atoms with Crippen molar-refractivity contribution in [2.24, 2.45) is 5.92 Å². The molecule has 1 unspecified atom stereocenters. The normalized spacial score (nSPS) is 17.8. The van der Waals surface area contributed by atoms with Gasteiger partial charge in [0.15, 0.2) is 0 Å².